The first-order valence-electron chi connectivity index (χ1n) is 4.03. The average molecular weight is 177 g/mol. The maximum absolute atomic E-state index is 12.8. The van der Waals surface area contributed by atoms with Gasteiger partial charge in [0, 0.05) is 11.8 Å². The molecule has 0 fully saturated rings. The van der Waals surface area contributed by atoms with E-state index in [4.69, 9.17) is 0 Å². The van der Waals surface area contributed by atoms with Gasteiger partial charge in [0.05, 0.1) is 11.6 Å². The summed E-state index contributed by atoms with van der Waals surface area (Å²) >= 11 is 0. The normalized spacial score (nSPS) is 26.2. The number of carbonyl (C=O) groups is 1. The molecule has 2 nitrogen and oxygen atoms in total. The predicted molar refractivity (Wildman–Crippen MR) is 48.0 cm³/mol. The molecule has 0 saturated heterocycles. The molecule has 1 atom stereocenters. The molecule has 0 N–H and O–H groups in total. The molecule has 1 aliphatic carbocycles. The number of rotatable bonds is 0. The van der Waals surface area contributed by atoms with Gasteiger partial charge in [0.25, 0.3) is 0 Å². The highest BCUT2D eigenvalue weighted by Gasteiger charge is 2.25. The third-order valence-corrected chi connectivity index (χ3v) is 2.02. The fraction of sp³-hybridized carbons (Fsp3) is 0.200. The van der Waals surface area contributed by atoms with Crippen molar-refractivity contribution < 1.29 is 9.18 Å². The number of aliphatic imine (C=N–C) groups is 1. The van der Waals surface area contributed by atoms with Gasteiger partial charge in [-0.05, 0) is 25.2 Å². The zero-order valence-electron chi connectivity index (χ0n) is 7.12. The summed E-state index contributed by atoms with van der Waals surface area (Å²) in [5.74, 6) is -0.971. The summed E-state index contributed by atoms with van der Waals surface area (Å²) in [7, 11) is 0. The Bertz CT molecular complexity index is 388. The van der Waals surface area contributed by atoms with Crippen LogP contribution in [0.5, 0.6) is 0 Å². The molecule has 0 radical (unpaired) electrons. The molecule has 0 amide bonds. The number of carbonyl (C=O) groups excluding carboxylic acids is 1. The first-order valence-corrected chi connectivity index (χ1v) is 4.03. The fourth-order valence-corrected chi connectivity index (χ4v) is 1.44. The van der Waals surface area contributed by atoms with Crippen molar-refractivity contribution in [3.63, 3.8) is 0 Å². The minimum atomic E-state index is -0.506. The summed E-state index contributed by atoms with van der Waals surface area (Å²) in [6.07, 6.45) is 5.61. The van der Waals surface area contributed by atoms with Gasteiger partial charge in [-0.2, -0.15) is 0 Å². The first-order chi connectivity index (χ1) is 6.16. The molecule has 13 heavy (non-hydrogen) atoms. The zero-order chi connectivity index (χ0) is 9.42. The lowest BCUT2D eigenvalue weighted by Crippen LogP contribution is -2.24. The molecule has 0 spiro atoms. The molecule has 1 heterocycles. The second-order valence-electron chi connectivity index (χ2n) is 3.09. The van der Waals surface area contributed by atoms with E-state index >= 15 is 0 Å². The molecular weight excluding hydrogens is 169 g/mol. The van der Waals surface area contributed by atoms with Gasteiger partial charge < -0.3 is 0 Å². The predicted octanol–water partition coefficient (Wildman–Crippen LogP) is 1.95. The molecule has 0 bridgehead atoms. The lowest BCUT2D eigenvalue weighted by Gasteiger charge is -2.17. The van der Waals surface area contributed by atoms with E-state index in [1.165, 1.54) is 18.2 Å². The monoisotopic (exact) mass is 177 g/mol. The maximum Gasteiger partial charge on any atom is 0.170 e. The fourth-order valence-electron chi connectivity index (χ4n) is 1.44. The van der Waals surface area contributed by atoms with Crippen LogP contribution in [0.15, 0.2) is 40.8 Å². The molecule has 2 rings (SSSR count). The maximum atomic E-state index is 12.8. The lowest BCUT2D eigenvalue weighted by molar-refractivity contribution is -0.115. The van der Waals surface area contributed by atoms with Crippen LogP contribution < -0.4 is 0 Å². The highest BCUT2D eigenvalue weighted by molar-refractivity contribution is 6.18. The van der Waals surface area contributed by atoms with Crippen molar-refractivity contribution in [2.45, 2.75) is 6.92 Å². The molecule has 2 aliphatic rings. The van der Waals surface area contributed by atoms with Gasteiger partial charge in [0.1, 0.15) is 5.83 Å². The Morgan fingerprint density at radius 2 is 2.23 bits per heavy atom. The lowest BCUT2D eigenvalue weighted by atomic mass is 9.91. The summed E-state index contributed by atoms with van der Waals surface area (Å²) in [4.78, 5) is 15.5. The number of allylic oxidation sites excluding steroid dienone is 6. The van der Waals surface area contributed by atoms with Crippen LogP contribution >= 0.6 is 0 Å². The van der Waals surface area contributed by atoms with E-state index < -0.39 is 5.92 Å². The zero-order valence-corrected chi connectivity index (χ0v) is 7.12. The Labute approximate surface area is 75.2 Å². The third-order valence-electron chi connectivity index (χ3n) is 2.02. The number of hydrogen-bond donors (Lipinski definition) is 0. The summed E-state index contributed by atoms with van der Waals surface area (Å²) in [6, 6.07) is 0. The Balaban J connectivity index is 2.44. The summed E-state index contributed by atoms with van der Waals surface area (Å²) < 4.78 is 12.8. The van der Waals surface area contributed by atoms with Gasteiger partial charge in [-0.3, -0.25) is 9.79 Å². The van der Waals surface area contributed by atoms with Crippen molar-refractivity contribution in [1.29, 1.82) is 0 Å². The minimum Gasteiger partial charge on any atom is -0.294 e. The quantitative estimate of drug-likeness (QED) is 0.556. The van der Waals surface area contributed by atoms with Crippen LogP contribution in [-0.4, -0.2) is 11.5 Å². The summed E-state index contributed by atoms with van der Waals surface area (Å²) in [5, 5.41) is 0. The van der Waals surface area contributed by atoms with Gasteiger partial charge >= 0.3 is 0 Å². The molecule has 0 aromatic rings. The molecule has 0 aromatic heterocycles. The molecule has 3 heteroatoms. The van der Waals surface area contributed by atoms with E-state index in [2.05, 4.69) is 4.99 Å². The van der Waals surface area contributed by atoms with Crippen molar-refractivity contribution in [3.05, 3.63) is 35.8 Å². The molecule has 66 valence electrons. The van der Waals surface area contributed by atoms with Gasteiger partial charge in [-0.25, -0.2) is 4.39 Å². The van der Waals surface area contributed by atoms with Crippen LogP contribution in [-0.2, 0) is 4.79 Å². The second kappa shape index (κ2) is 2.76. The largest absolute Gasteiger partial charge is 0.294 e. The van der Waals surface area contributed by atoms with Crippen molar-refractivity contribution in [1.82, 2.24) is 0 Å². The van der Waals surface area contributed by atoms with Gasteiger partial charge in [0.2, 0.25) is 0 Å². The van der Waals surface area contributed by atoms with E-state index in [0.29, 0.717) is 11.4 Å². The van der Waals surface area contributed by atoms with Crippen LogP contribution in [0.1, 0.15) is 6.92 Å². The number of ketones is 1. The van der Waals surface area contributed by atoms with E-state index in [-0.39, 0.29) is 11.6 Å². The molecular formula is C10H8FNO. The van der Waals surface area contributed by atoms with E-state index in [1.54, 1.807) is 13.0 Å². The molecule has 0 aromatic carbocycles. The highest BCUT2D eigenvalue weighted by Crippen LogP contribution is 2.22. The smallest absolute Gasteiger partial charge is 0.170 e. The molecule has 1 aliphatic heterocycles. The van der Waals surface area contributed by atoms with Crippen molar-refractivity contribution in [3.8, 4) is 0 Å². The number of fused-ring (bicyclic) bond motifs is 1. The van der Waals surface area contributed by atoms with Crippen LogP contribution in [0.4, 0.5) is 4.39 Å². The summed E-state index contributed by atoms with van der Waals surface area (Å²) in [5.41, 5.74) is 1.31. The van der Waals surface area contributed by atoms with Crippen molar-refractivity contribution >= 4 is 11.5 Å². The second-order valence-corrected chi connectivity index (χ2v) is 3.09. The Morgan fingerprint density at radius 3 is 3.00 bits per heavy atom. The third kappa shape index (κ3) is 1.37. The van der Waals surface area contributed by atoms with Gasteiger partial charge in [-0.15, -0.1) is 0 Å². The van der Waals surface area contributed by atoms with Crippen LogP contribution in [0.2, 0.25) is 0 Å². The Morgan fingerprint density at radius 1 is 1.46 bits per heavy atom. The average Bonchev–Trinajstić information content (AvgIpc) is 2.06. The topological polar surface area (TPSA) is 29.4 Å². The standard InChI is InChI=1S/C10H8FNO/c1-6-4-10(13)8-5-7(11)2-3-9(8)12-6/h2-5,8H,1H3. The van der Waals surface area contributed by atoms with E-state index in [0.717, 1.165) is 0 Å². The number of hydrogen-bond acceptors (Lipinski definition) is 2. The Hall–Kier alpha value is -1.51. The van der Waals surface area contributed by atoms with E-state index in [1.807, 2.05) is 0 Å². The van der Waals surface area contributed by atoms with Crippen LogP contribution in [0.25, 0.3) is 0 Å². The van der Waals surface area contributed by atoms with E-state index in [9.17, 15) is 9.18 Å². The Kier molecular flexibility index (Phi) is 1.72. The van der Waals surface area contributed by atoms with Crippen LogP contribution in [0.3, 0.4) is 0 Å². The summed E-state index contributed by atoms with van der Waals surface area (Å²) in [6.45, 7) is 1.75. The number of halogens is 1. The highest BCUT2D eigenvalue weighted by atomic mass is 19.1. The minimum absolute atomic E-state index is 0.0954. The van der Waals surface area contributed by atoms with Crippen molar-refractivity contribution in [2.24, 2.45) is 10.9 Å². The number of nitrogens with zero attached hydrogens (tertiary/aromatic N) is 1. The first kappa shape index (κ1) is 8.10. The molecule has 0 saturated carbocycles. The van der Waals surface area contributed by atoms with Gasteiger partial charge in [-0.1, -0.05) is 0 Å². The SMILES string of the molecule is CC1=CC(=O)C2C=C(F)C=CC2=N1. The molecule has 1 unspecified atom stereocenters. The van der Waals surface area contributed by atoms with Crippen LogP contribution in [0, 0.1) is 5.92 Å². The van der Waals surface area contributed by atoms with Crippen molar-refractivity contribution in [2.75, 3.05) is 0 Å². The van der Waals surface area contributed by atoms with Gasteiger partial charge in [0.15, 0.2) is 5.78 Å².